The maximum absolute atomic E-state index is 12.0. The molecule has 2 aromatic rings. The lowest BCUT2D eigenvalue weighted by molar-refractivity contribution is -0.123. The second kappa shape index (κ2) is 7.51. The first-order valence-electron chi connectivity index (χ1n) is 7.66. The van der Waals surface area contributed by atoms with Crippen LogP contribution in [0.3, 0.4) is 0 Å². The molecule has 1 aliphatic heterocycles. The van der Waals surface area contributed by atoms with Crippen molar-refractivity contribution in [3.8, 4) is 0 Å². The Balaban J connectivity index is 1.63. The van der Waals surface area contributed by atoms with E-state index in [0.717, 1.165) is 11.1 Å². The number of hydrogen-bond donors (Lipinski definition) is 3. The van der Waals surface area contributed by atoms with Gasteiger partial charge in [0.2, 0.25) is 5.91 Å². The summed E-state index contributed by atoms with van der Waals surface area (Å²) in [5, 5.41) is 15.4. The maximum atomic E-state index is 12.0. The second-order valence-corrected chi connectivity index (χ2v) is 6.69. The van der Waals surface area contributed by atoms with Crippen LogP contribution >= 0.6 is 11.8 Å². The Morgan fingerprint density at radius 3 is 2.71 bits per heavy atom. The molecule has 0 aromatic heterocycles. The molecule has 0 bridgehead atoms. The number of aromatic carboxylic acids is 1. The second-order valence-electron chi connectivity index (χ2n) is 5.60. The molecule has 5 nitrogen and oxygen atoms in total. The molecule has 2 unspecified atom stereocenters. The molecule has 6 heteroatoms. The highest BCUT2D eigenvalue weighted by Crippen LogP contribution is 2.25. The molecule has 124 valence electrons. The Morgan fingerprint density at radius 1 is 1.17 bits per heavy atom. The zero-order valence-electron chi connectivity index (χ0n) is 12.9. The summed E-state index contributed by atoms with van der Waals surface area (Å²) < 4.78 is 0. The first kappa shape index (κ1) is 16.5. The third kappa shape index (κ3) is 4.15. The SMILES string of the molecule is O=C1CC(c2ccccc2)NC(SCc2cccc(C(=O)O)c2)N1. The average Bonchev–Trinajstić information content (AvgIpc) is 2.60. The molecule has 1 heterocycles. The Hall–Kier alpha value is -2.31. The van der Waals surface area contributed by atoms with Crippen LogP contribution in [0.5, 0.6) is 0 Å². The van der Waals surface area contributed by atoms with Crippen LogP contribution in [0, 0.1) is 0 Å². The average molecular weight is 342 g/mol. The summed E-state index contributed by atoms with van der Waals surface area (Å²) in [4.78, 5) is 23.0. The molecule has 24 heavy (non-hydrogen) atoms. The quantitative estimate of drug-likeness (QED) is 0.779. The zero-order valence-corrected chi connectivity index (χ0v) is 13.8. The molecule has 0 spiro atoms. The van der Waals surface area contributed by atoms with Crippen molar-refractivity contribution >= 4 is 23.6 Å². The van der Waals surface area contributed by atoms with Gasteiger partial charge < -0.3 is 10.4 Å². The van der Waals surface area contributed by atoms with Gasteiger partial charge in [0.05, 0.1) is 5.56 Å². The molecular formula is C18H18N2O3S. The number of rotatable bonds is 5. The van der Waals surface area contributed by atoms with Crippen LogP contribution in [0.25, 0.3) is 0 Å². The summed E-state index contributed by atoms with van der Waals surface area (Å²) in [6.07, 6.45) is 0.412. The number of carboxylic acids is 1. The largest absolute Gasteiger partial charge is 0.478 e. The normalized spacial score (nSPS) is 20.4. The lowest BCUT2D eigenvalue weighted by Crippen LogP contribution is -2.50. The van der Waals surface area contributed by atoms with Gasteiger partial charge in [-0.05, 0) is 23.3 Å². The van der Waals surface area contributed by atoms with Crippen LogP contribution in [-0.4, -0.2) is 22.5 Å². The van der Waals surface area contributed by atoms with Gasteiger partial charge in [-0.15, -0.1) is 11.8 Å². The van der Waals surface area contributed by atoms with Gasteiger partial charge in [0.25, 0.3) is 0 Å². The highest BCUT2D eigenvalue weighted by atomic mass is 32.2. The number of benzene rings is 2. The van der Waals surface area contributed by atoms with Gasteiger partial charge in [0, 0.05) is 18.2 Å². The smallest absolute Gasteiger partial charge is 0.335 e. The molecule has 3 rings (SSSR count). The van der Waals surface area contributed by atoms with Gasteiger partial charge in [-0.25, -0.2) is 4.79 Å². The van der Waals surface area contributed by atoms with Gasteiger partial charge in [0.1, 0.15) is 5.50 Å². The summed E-state index contributed by atoms with van der Waals surface area (Å²) in [6, 6.07) is 16.7. The van der Waals surface area contributed by atoms with E-state index in [0.29, 0.717) is 12.2 Å². The van der Waals surface area contributed by atoms with Gasteiger partial charge in [-0.2, -0.15) is 0 Å². The Labute approximate surface area is 144 Å². The first-order chi connectivity index (χ1) is 11.6. The molecular weight excluding hydrogens is 324 g/mol. The molecule has 2 atom stereocenters. The van der Waals surface area contributed by atoms with Crippen LogP contribution in [0.15, 0.2) is 54.6 Å². The fraction of sp³-hybridized carbons (Fsp3) is 0.222. The zero-order chi connectivity index (χ0) is 16.9. The van der Waals surface area contributed by atoms with Crippen molar-refractivity contribution in [3.63, 3.8) is 0 Å². The van der Waals surface area contributed by atoms with Gasteiger partial charge in [-0.1, -0.05) is 42.5 Å². The number of thioether (sulfide) groups is 1. The Bertz CT molecular complexity index is 736. The molecule has 1 aliphatic rings. The van der Waals surface area contributed by atoms with Crippen molar-refractivity contribution in [1.82, 2.24) is 10.6 Å². The summed E-state index contributed by atoms with van der Waals surface area (Å²) >= 11 is 1.54. The van der Waals surface area contributed by atoms with E-state index in [4.69, 9.17) is 5.11 Å². The van der Waals surface area contributed by atoms with E-state index in [1.54, 1.807) is 18.2 Å². The molecule has 0 saturated carbocycles. The van der Waals surface area contributed by atoms with Crippen LogP contribution in [0.4, 0.5) is 0 Å². The fourth-order valence-electron chi connectivity index (χ4n) is 2.64. The number of carbonyl (C=O) groups is 2. The third-order valence-corrected chi connectivity index (χ3v) is 4.91. The van der Waals surface area contributed by atoms with E-state index in [1.807, 2.05) is 36.4 Å². The number of carbonyl (C=O) groups excluding carboxylic acids is 1. The van der Waals surface area contributed by atoms with E-state index in [1.165, 1.54) is 11.8 Å². The highest BCUT2D eigenvalue weighted by Gasteiger charge is 2.26. The van der Waals surface area contributed by atoms with E-state index in [-0.39, 0.29) is 23.0 Å². The molecule has 1 saturated heterocycles. The van der Waals surface area contributed by atoms with E-state index in [9.17, 15) is 9.59 Å². The van der Waals surface area contributed by atoms with E-state index in [2.05, 4.69) is 10.6 Å². The number of nitrogens with one attached hydrogen (secondary N) is 2. The number of hydrogen-bond acceptors (Lipinski definition) is 4. The van der Waals surface area contributed by atoms with Crippen molar-refractivity contribution in [1.29, 1.82) is 0 Å². The molecule has 1 fully saturated rings. The topological polar surface area (TPSA) is 78.4 Å². The summed E-state index contributed by atoms with van der Waals surface area (Å²) in [5.41, 5.74) is 2.07. The third-order valence-electron chi connectivity index (χ3n) is 3.83. The monoisotopic (exact) mass is 342 g/mol. The predicted octanol–water partition coefficient (Wildman–Crippen LogP) is 2.75. The van der Waals surface area contributed by atoms with Crippen LogP contribution < -0.4 is 10.6 Å². The minimum Gasteiger partial charge on any atom is -0.478 e. The summed E-state index contributed by atoms with van der Waals surface area (Å²) in [7, 11) is 0. The number of amides is 1. The van der Waals surface area contributed by atoms with Crippen molar-refractivity contribution in [2.75, 3.05) is 0 Å². The maximum Gasteiger partial charge on any atom is 0.335 e. The van der Waals surface area contributed by atoms with Crippen molar-refractivity contribution in [2.45, 2.75) is 23.7 Å². The van der Waals surface area contributed by atoms with Crippen LogP contribution in [0.1, 0.15) is 33.9 Å². The molecule has 3 N–H and O–H groups in total. The molecule has 2 aromatic carbocycles. The fourth-order valence-corrected chi connectivity index (χ4v) is 3.65. The summed E-state index contributed by atoms with van der Waals surface area (Å²) in [5.74, 6) is -0.310. The minimum atomic E-state index is -0.935. The van der Waals surface area contributed by atoms with Crippen LogP contribution in [-0.2, 0) is 10.5 Å². The van der Waals surface area contributed by atoms with Gasteiger partial charge in [-0.3, -0.25) is 10.1 Å². The van der Waals surface area contributed by atoms with Gasteiger partial charge in [0.15, 0.2) is 0 Å². The Morgan fingerprint density at radius 2 is 1.96 bits per heavy atom. The minimum absolute atomic E-state index is 0.0113. The summed E-state index contributed by atoms with van der Waals surface area (Å²) in [6.45, 7) is 0. The Kier molecular flexibility index (Phi) is 5.17. The molecule has 0 aliphatic carbocycles. The van der Waals surface area contributed by atoms with E-state index < -0.39 is 5.97 Å². The standard InChI is InChI=1S/C18H18N2O3S/c21-16-10-15(13-6-2-1-3-7-13)19-18(20-16)24-11-12-5-4-8-14(9-12)17(22)23/h1-9,15,18-19H,10-11H2,(H,20,21)(H,22,23). The predicted molar refractivity (Wildman–Crippen MR) is 93.6 cm³/mol. The highest BCUT2D eigenvalue weighted by molar-refractivity contribution is 7.99. The first-order valence-corrected chi connectivity index (χ1v) is 8.71. The van der Waals surface area contributed by atoms with Crippen molar-refractivity contribution in [2.24, 2.45) is 0 Å². The van der Waals surface area contributed by atoms with Crippen molar-refractivity contribution in [3.05, 3.63) is 71.3 Å². The van der Waals surface area contributed by atoms with Gasteiger partial charge >= 0.3 is 5.97 Å². The van der Waals surface area contributed by atoms with Crippen LogP contribution in [0.2, 0.25) is 0 Å². The van der Waals surface area contributed by atoms with Crippen molar-refractivity contribution < 1.29 is 14.7 Å². The lowest BCUT2D eigenvalue weighted by atomic mass is 10.0. The number of carboxylic acid groups (broad SMARTS) is 1. The van der Waals surface area contributed by atoms with E-state index >= 15 is 0 Å². The molecule has 0 radical (unpaired) electrons. The lowest BCUT2D eigenvalue weighted by Gasteiger charge is -2.31. The molecule has 1 amide bonds.